The Morgan fingerprint density at radius 3 is 3.07 bits per heavy atom. The van der Waals surface area contributed by atoms with Gasteiger partial charge in [-0.05, 0) is 50.8 Å². The average Bonchev–Trinajstić information content (AvgIpc) is 3.32. The Morgan fingerprint density at radius 1 is 1.36 bits per heavy atom. The summed E-state index contributed by atoms with van der Waals surface area (Å²) in [4.78, 5) is 4.04. The van der Waals surface area contributed by atoms with E-state index in [-0.39, 0.29) is 11.3 Å². The lowest BCUT2D eigenvalue weighted by atomic mass is 9.75. The molecule has 1 aromatic carbocycles. The Balaban J connectivity index is 1.39. The van der Waals surface area contributed by atoms with Crippen molar-refractivity contribution in [2.45, 2.75) is 50.6 Å². The standard InChI is InChI=1S/C21H23N5OS/c1-21-6-2-3-15(23-21)9-14(12-21)10-19-24-25-20(28-19)17-5-4-16(11-18(17)27)26-8-7-22-13-26/h4-5,7-8,10-11,13,15,23,27H,2-3,6,9,12H2,1H3/b14-10+/t15?,21-/m1/s1. The van der Waals surface area contributed by atoms with Crippen molar-refractivity contribution < 1.29 is 5.11 Å². The number of fused-ring (bicyclic) bond motifs is 2. The first-order chi connectivity index (χ1) is 13.6. The highest BCUT2D eigenvalue weighted by Crippen LogP contribution is 2.38. The molecular formula is C21H23N5OS. The Kier molecular flexibility index (Phi) is 4.29. The smallest absolute Gasteiger partial charge is 0.151 e. The molecule has 4 heterocycles. The molecule has 0 saturated carbocycles. The molecule has 2 N–H and O–H groups in total. The number of rotatable bonds is 3. The number of hydrogen-bond donors (Lipinski definition) is 2. The van der Waals surface area contributed by atoms with Crippen LogP contribution in [0.4, 0.5) is 0 Å². The third-order valence-electron chi connectivity index (χ3n) is 5.74. The quantitative estimate of drug-likeness (QED) is 0.698. The van der Waals surface area contributed by atoms with E-state index in [9.17, 15) is 5.11 Å². The van der Waals surface area contributed by atoms with Crippen LogP contribution in [0.25, 0.3) is 22.3 Å². The van der Waals surface area contributed by atoms with Crippen molar-refractivity contribution in [1.82, 2.24) is 25.1 Å². The third kappa shape index (κ3) is 3.36. The van der Waals surface area contributed by atoms with Crippen LogP contribution < -0.4 is 5.32 Å². The Labute approximate surface area is 168 Å². The number of piperidine rings is 2. The molecule has 0 aliphatic carbocycles. The third-order valence-corrected chi connectivity index (χ3v) is 6.65. The van der Waals surface area contributed by atoms with Gasteiger partial charge in [0, 0.05) is 30.0 Å². The van der Waals surface area contributed by atoms with Gasteiger partial charge in [-0.2, -0.15) is 0 Å². The number of phenolic OH excluding ortho intramolecular Hbond substituents is 1. The maximum atomic E-state index is 10.5. The number of nitrogens with one attached hydrogen (secondary N) is 1. The van der Waals surface area contributed by atoms with Crippen molar-refractivity contribution in [2.24, 2.45) is 0 Å². The van der Waals surface area contributed by atoms with Crippen molar-refractivity contribution >= 4 is 17.4 Å². The van der Waals surface area contributed by atoms with Crippen LogP contribution in [0.3, 0.4) is 0 Å². The maximum Gasteiger partial charge on any atom is 0.151 e. The number of aromatic hydroxyl groups is 1. The van der Waals surface area contributed by atoms with Crippen LogP contribution in [0, 0.1) is 0 Å². The normalized spacial score (nSPS) is 25.9. The van der Waals surface area contributed by atoms with Gasteiger partial charge in [-0.1, -0.05) is 23.3 Å². The van der Waals surface area contributed by atoms with E-state index < -0.39 is 0 Å². The lowest BCUT2D eigenvalue weighted by Gasteiger charge is -2.45. The number of aromatic nitrogens is 4. The van der Waals surface area contributed by atoms with Crippen molar-refractivity contribution in [3.05, 3.63) is 47.5 Å². The molecule has 1 unspecified atom stereocenters. The summed E-state index contributed by atoms with van der Waals surface area (Å²) in [5.74, 6) is 0.200. The summed E-state index contributed by atoms with van der Waals surface area (Å²) >= 11 is 1.53. The summed E-state index contributed by atoms with van der Waals surface area (Å²) in [6.45, 7) is 2.33. The van der Waals surface area contributed by atoms with Gasteiger partial charge in [0.2, 0.25) is 0 Å². The largest absolute Gasteiger partial charge is 0.507 e. The molecule has 144 valence electrons. The first kappa shape index (κ1) is 17.6. The first-order valence-electron chi connectivity index (χ1n) is 9.70. The van der Waals surface area contributed by atoms with Crippen LogP contribution in [-0.2, 0) is 0 Å². The van der Waals surface area contributed by atoms with E-state index in [1.54, 1.807) is 18.6 Å². The predicted molar refractivity (Wildman–Crippen MR) is 111 cm³/mol. The fraction of sp³-hybridized carbons (Fsp3) is 0.381. The van der Waals surface area contributed by atoms with Crippen LogP contribution in [-0.4, -0.2) is 36.4 Å². The molecule has 2 aliphatic rings. The van der Waals surface area contributed by atoms with Gasteiger partial charge in [0.15, 0.2) is 5.01 Å². The summed E-state index contributed by atoms with van der Waals surface area (Å²) in [5, 5.41) is 24.6. The zero-order valence-electron chi connectivity index (χ0n) is 15.8. The summed E-state index contributed by atoms with van der Waals surface area (Å²) < 4.78 is 1.86. The van der Waals surface area contributed by atoms with Gasteiger partial charge >= 0.3 is 0 Å². The van der Waals surface area contributed by atoms with E-state index in [2.05, 4.69) is 33.5 Å². The van der Waals surface area contributed by atoms with Crippen molar-refractivity contribution in [2.75, 3.05) is 0 Å². The first-order valence-corrected chi connectivity index (χ1v) is 10.5. The molecule has 2 aliphatic heterocycles. The number of benzene rings is 1. The fourth-order valence-electron chi connectivity index (χ4n) is 4.52. The summed E-state index contributed by atoms with van der Waals surface area (Å²) in [6.07, 6.45) is 13.4. The van der Waals surface area contributed by atoms with Crippen molar-refractivity contribution in [1.29, 1.82) is 0 Å². The number of hydrogen-bond acceptors (Lipinski definition) is 6. The molecule has 0 radical (unpaired) electrons. The van der Waals surface area contributed by atoms with Gasteiger partial charge in [-0.25, -0.2) is 4.98 Å². The molecule has 2 saturated heterocycles. The van der Waals surface area contributed by atoms with E-state index >= 15 is 0 Å². The maximum absolute atomic E-state index is 10.5. The lowest BCUT2D eigenvalue weighted by Crippen LogP contribution is -2.55. The molecule has 2 bridgehead atoms. The molecule has 0 amide bonds. The van der Waals surface area contributed by atoms with E-state index in [0.717, 1.165) is 28.5 Å². The minimum atomic E-state index is 0.200. The van der Waals surface area contributed by atoms with Crippen molar-refractivity contribution in [3.8, 4) is 22.0 Å². The van der Waals surface area contributed by atoms with Crippen LogP contribution in [0.1, 0.15) is 44.0 Å². The van der Waals surface area contributed by atoms with Gasteiger partial charge in [-0.3, -0.25) is 0 Å². The second kappa shape index (κ2) is 6.83. The lowest BCUT2D eigenvalue weighted by molar-refractivity contribution is 0.192. The molecule has 0 spiro atoms. The minimum absolute atomic E-state index is 0.200. The number of nitrogens with zero attached hydrogens (tertiary/aromatic N) is 4. The zero-order chi connectivity index (χ0) is 19.1. The molecule has 28 heavy (non-hydrogen) atoms. The van der Waals surface area contributed by atoms with Crippen LogP contribution >= 0.6 is 11.3 Å². The van der Waals surface area contributed by atoms with Crippen LogP contribution in [0.2, 0.25) is 0 Å². The summed E-state index contributed by atoms with van der Waals surface area (Å²) in [6, 6.07) is 6.15. The van der Waals surface area contributed by atoms with Gasteiger partial charge in [0.1, 0.15) is 10.8 Å². The van der Waals surface area contributed by atoms with Gasteiger partial charge in [-0.15, -0.1) is 10.2 Å². The van der Waals surface area contributed by atoms with Crippen molar-refractivity contribution in [3.63, 3.8) is 0 Å². The second-order valence-corrected chi connectivity index (χ2v) is 9.10. The van der Waals surface area contributed by atoms with Crippen LogP contribution in [0.5, 0.6) is 5.75 Å². The highest BCUT2D eigenvalue weighted by molar-refractivity contribution is 7.15. The predicted octanol–water partition coefficient (Wildman–Crippen LogP) is 4.17. The fourth-order valence-corrected chi connectivity index (χ4v) is 5.39. The molecule has 2 aromatic heterocycles. The number of phenols is 1. The topological polar surface area (TPSA) is 75.9 Å². The highest BCUT2D eigenvalue weighted by atomic mass is 32.1. The SMILES string of the molecule is C[C@@]12CCCC(C/C(=C\c3nnc(-c4ccc(-n5ccnc5)cc4O)s3)C1)N2. The van der Waals surface area contributed by atoms with E-state index in [1.807, 2.05) is 22.9 Å². The monoisotopic (exact) mass is 393 g/mol. The molecule has 5 rings (SSSR count). The molecule has 6 nitrogen and oxygen atoms in total. The van der Waals surface area contributed by atoms with Gasteiger partial charge in [0.25, 0.3) is 0 Å². The van der Waals surface area contributed by atoms with Crippen LogP contribution in [0.15, 0.2) is 42.5 Å². The Bertz CT molecular complexity index is 1030. The van der Waals surface area contributed by atoms with Gasteiger partial charge in [0.05, 0.1) is 17.6 Å². The average molecular weight is 394 g/mol. The molecule has 2 atom stereocenters. The summed E-state index contributed by atoms with van der Waals surface area (Å²) in [7, 11) is 0. The highest BCUT2D eigenvalue weighted by Gasteiger charge is 2.36. The molecule has 2 fully saturated rings. The van der Waals surface area contributed by atoms with E-state index in [1.165, 1.54) is 36.2 Å². The zero-order valence-corrected chi connectivity index (χ0v) is 16.6. The van der Waals surface area contributed by atoms with Gasteiger partial charge < -0.3 is 15.0 Å². The second-order valence-electron chi connectivity index (χ2n) is 8.09. The minimum Gasteiger partial charge on any atom is -0.507 e. The number of imidazole rings is 1. The summed E-state index contributed by atoms with van der Waals surface area (Å²) in [5.41, 5.74) is 3.25. The molecule has 3 aromatic rings. The molecule has 7 heteroatoms. The Morgan fingerprint density at radius 2 is 2.29 bits per heavy atom. The van der Waals surface area contributed by atoms with E-state index in [4.69, 9.17) is 0 Å². The Hall–Kier alpha value is -2.51. The van der Waals surface area contributed by atoms with E-state index in [0.29, 0.717) is 11.6 Å². The molecular weight excluding hydrogens is 370 g/mol.